The third-order valence-electron chi connectivity index (χ3n) is 4.44. The highest BCUT2D eigenvalue weighted by atomic mass is 32.2. The molecule has 24 heavy (non-hydrogen) atoms. The molecule has 1 aliphatic heterocycles. The van der Waals surface area contributed by atoms with Gasteiger partial charge >= 0.3 is 0 Å². The van der Waals surface area contributed by atoms with Crippen molar-refractivity contribution < 1.29 is 13.2 Å². The van der Waals surface area contributed by atoms with E-state index >= 15 is 0 Å². The fraction of sp³-hybridized carbons (Fsp3) is 0.588. The van der Waals surface area contributed by atoms with Crippen molar-refractivity contribution in [2.45, 2.75) is 32.7 Å². The number of hydrogen-bond donors (Lipinski definition) is 1. The van der Waals surface area contributed by atoms with Crippen molar-refractivity contribution in [3.05, 3.63) is 29.8 Å². The van der Waals surface area contributed by atoms with Crippen molar-refractivity contribution >= 4 is 21.6 Å². The summed E-state index contributed by atoms with van der Waals surface area (Å²) in [7, 11) is -3.30. The van der Waals surface area contributed by atoms with Crippen LogP contribution in [-0.2, 0) is 10.0 Å². The fourth-order valence-electron chi connectivity index (χ4n) is 3.13. The van der Waals surface area contributed by atoms with Crippen LogP contribution in [0.1, 0.15) is 37.0 Å². The molecule has 0 saturated carbocycles. The van der Waals surface area contributed by atoms with Crippen LogP contribution >= 0.6 is 0 Å². The molecular weight excluding hydrogens is 326 g/mol. The Bertz CT molecular complexity index is 654. The highest BCUT2D eigenvalue weighted by Crippen LogP contribution is 2.22. The molecule has 6 nitrogen and oxygen atoms in total. The van der Waals surface area contributed by atoms with Crippen LogP contribution in [0.15, 0.2) is 24.3 Å². The maximum Gasteiger partial charge on any atom is 0.254 e. The molecule has 0 aromatic heterocycles. The van der Waals surface area contributed by atoms with Gasteiger partial charge in [-0.2, -0.15) is 0 Å². The predicted molar refractivity (Wildman–Crippen MR) is 96.8 cm³/mol. The van der Waals surface area contributed by atoms with E-state index in [-0.39, 0.29) is 11.9 Å². The molecule has 1 atom stereocenters. The number of nitrogens with zero attached hydrogens (tertiary/aromatic N) is 2. The van der Waals surface area contributed by atoms with E-state index in [0.717, 1.165) is 45.3 Å². The lowest BCUT2D eigenvalue weighted by Crippen LogP contribution is -2.43. The van der Waals surface area contributed by atoms with Crippen LogP contribution in [0.3, 0.4) is 0 Å². The maximum absolute atomic E-state index is 12.8. The minimum Gasteiger partial charge on any atom is -0.334 e. The molecule has 134 valence electrons. The van der Waals surface area contributed by atoms with Crippen molar-refractivity contribution in [2.75, 3.05) is 37.2 Å². The van der Waals surface area contributed by atoms with Gasteiger partial charge in [0.2, 0.25) is 10.0 Å². The van der Waals surface area contributed by atoms with Crippen LogP contribution in [0.2, 0.25) is 0 Å². The van der Waals surface area contributed by atoms with E-state index in [0.29, 0.717) is 11.3 Å². The Morgan fingerprint density at radius 1 is 1.25 bits per heavy atom. The molecule has 0 radical (unpaired) electrons. The Morgan fingerprint density at radius 3 is 2.42 bits per heavy atom. The van der Waals surface area contributed by atoms with Crippen LogP contribution < -0.4 is 4.72 Å². The SMILES string of the molecule is CCN(CC)CC1CCCN1C(=O)c1ccc(NS(C)(=O)=O)cc1. The minimum atomic E-state index is -3.30. The van der Waals surface area contributed by atoms with E-state index in [1.54, 1.807) is 24.3 Å². The lowest BCUT2D eigenvalue weighted by Gasteiger charge is -2.29. The molecule has 1 unspecified atom stereocenters. The average Bonchev–Trinajstić information content (AvgIpc) is 2.99. The highest BCUT2D eigenvalue weighted by Gasteiger charge is 2.30. The van der Waals surface area contributed by atoms with Gasteiger partial charge in [0.05, 0.1) is 6.26 Å². The zero-order valence-corrected chi connectivity index (χ0v) is 15.5. The summed E-state index contributed by atoms with van der Waals surface area (Å²) in [6, 6.07) is 6.88. The number of carbonyl (C=O) groups is 1. The van der Waals surface area contributed by atoms with Gasteiger partial charge in [-0.05, 0) is 50.2 Å². The van der Waals surface area contributed by atoms with Gasteiger partial charge in [-0.15, -0.1) is 0 Å². The molecule has 0 aliphatic carbocycles. The van der Waals surface area contributed by atoms with Crippen molar-refractivity contribution in [3.8, 4) is 0 Å². The minimum absolute atomic E-state index is 0.0237. The van der Waals surface area contributed by atoms with Gasteiger partial charge in [-0.3, -0.25) is 9.52 Å². The third kappa shape index (κ3) is 4.95. The fourth-order valence-corrected chi connectivity index (χ4v) is 3.70. The van der Waals surface area contributed by atoms with Crippen molar-refractivity contribution in [2.24, 2.45) is 0 Å². The van der Waals surface area contributed by atoms with E-state index in [2.05, 4.69) is 23.5 Å². The second-order valence-corrected chi connectivity index (χ2v) is 7.98. The Morgan fingerprint density at radius 2 is 1.88 bits per heavy atom. The van der Waals surface area contributed by atoms with Crippen LogP contribution in [0.4, 0.5) is 5.69 Å². The van der Waals surface area contributed by atoms with E-state index < -0.39 is 10.0 Å². The first kappa shape index (κ1) is 18.7. The lowest BCUT2D eigenvalue weighted by molar-refractivity contribution is 0.0704. The van der Waals surface area contributed by atoms with Gasteiger partial charge in [0.25, 0.3) is 5.91 Å². The normalized spacial score (nSPS) is 18.2. The third-order valence-corrected chi connectivity index (χ3v) is 5.04. The highest BCUT2D eigenvalue weighted by molar-refractivity contribution is 7.92. The largest absolute Gasteiger partial charge is 0.334 e. The summed E-state index contributed by atoms with van der Waals surface area (Å²) in [5.41, 5.74) is 1.07. The molecule has 0 spiro atoms. The van der Waals surface area contributed by atoms with Gasteiger partial charge in [-0.1, -0.05) is 13.8 Å². The van der Waals surface area contributed by atoms with Crippen LogP contribution in [0.5, 0.6) is 0 Å². The topological polar surface area (TPSA) is 69.7 Å². The van der Waals surface area contributed by atoms with Gasteiger partial charge in [0.1, 0.15) is 0 Å². The molecule has 2 rings (SSSR count). The Hall–Kier alpha value is -1.60. The summed E-state index contributed by atoms with van der Waals surface area (Å²) in [4.78, 5) is 17.1. The molecule has 1 aromatic carbocycles. The van der Waals surface area contributed by atoms with Crippen LogP contribution in [0, 0.1) is 0 Å². The summed E-state index contributed by atoms with van der Waals surface area (Å²) >= 11 is 0. The number of carbonyl (C=O) groups excluding carboxylic acids is 1. The van der Waals surface area contributed by atoms with Crippen LogP contribution in [-0.4, -0.2) is 62.6 Å². The first-order chi connectivity index (χ1) is 11.3. The number of anilines is 1. The zero-order valence-electron chi connectivity index (χ0n) is 14.7. The Kier molecular flexibility index (Phi) is 6.23. The molecule has 1 aromatic rings. The van der Waals surface area contributed by atoms with E-state index in [9.17, 15) is 13.2 Å². The first-order valence-electron chi connectivity index (χ1n) is 8.45. The van der Waals surface area contributed by atoms with Gasteiger partial charge in [0.15, 0.2) is 0 Å². The lowest BCUT2D eigenvalue weighted by atomic mass is 10.1. The molecule has 1 aliphatic rings. The quantitative estimate of drug-likeness (QED) is 0.814. The molecule has 7 heteroatoms. The summed E-state index contributed by atoms with van der Waals surface area (Å²) in [5, 5.41) is 0. The summed E-state index contributed by atoms with van der Waals surface area (Å²) in [5.74, 6) is 0.0237. The van der Waals surface area contributed by atoms with Gasteiger partial charge in [0, 0.05) is 30.4 Å². The van der Waals surface area contributed by atoms with Crippen molar-refractivity contribution in [3.63, 3.8) is 0 Å². The molecule has 1 N–H and O–H groups in total. The average molecular weight is 353 g/mol. The van der Waals surface area contributed by atoms with Crippen molar-refractivity contribution in [1.29, 1.82) is 0 Å². The van der Waals surface area contributed by atoms with E-state index in [1.807, 2.05) is 4.90 Å². The summed E-state index contributed by atoms with van der Waals surface area (Å²) in [6.07, 6.45) is 3.18. The van der Waals surface area contributed by atoms with Gasteiger partial charge < -0.3 is 9.80 Å². The number of sulfonamides is 1. The Labute approximate surface area is 144 Å². The summed E-state index contributed by atoms with van der Waals surface area (Å²) < 4.78 is 24.9. The number of rotatable bonds is 7. The number of nitrogens with one attached hydrogen (secondary N) is 1. The second-order valence-electron chi connectivity index (χ2n) is 6.23. The number of benzene rings is 1. The monoisotopic (exact) mass is 353 g/mol. The molecule has 0 bridgehead atoms. The molecular formula is C17H27N3O3S. The molecule has 1 fully saturated rings. The summed E-state index contributed by atoms with van der Waals surface area (Å²) in [6.45, 7) is 7.94. The number of hydrogen-bond acceptors (Lipinski definition) is 4. The van der Waals surface area contributed by atoms with Gasteiger partial charge in [-0.25, -0.2) is 8.42 Å². The zero-order chi connectivity index (χ0) is 17.7. The molecule has 1 heterocycles. The standard InChI is InChI=1S/C17H27N3O3S/c1-4-19(5-2)13-16-7-6-12-20(16)17(21)14-8-10-15(11-9-14)18-24(3,22)23/h8-11,16,18H,4-7,12-13H2,1-3H3. The molecule has 1 saturated heterocycles. The van der Waals surface area contributed by atoms with E-state index in [4.69, 9.17) is 0 Å². The smallest absolute Gasteiger partial charge is 0.254 e. The maximum atomic E-state index is 12.8. The number of likely N-dealkylation sites (tertiary alicyclic amines) is 1. The van der Waals surface area contributed by atoms with E-state index in [1.165, 1.54) is 0 Å². The second kappa shape index (κ2) is 7.98. The Balaban J connectivity index is 2.07. The number of amides is 1. The van der Waals surface area contributed by atoms with Crippen molar-refractivity contribution in [1.82, 2.24) is 9.80 Å². The number of likely N-dealkylation sites (N-methyl/N-ethyl adjacent to an activating group) is 1. The van der Waals surface area contributed by atoms with Crippen LogP contribution in [0.25, 0.3) is 0 Å². The molecule has 1 amide bonds. The first-order valence-corrected chi connectivity index (χ1v) is 10.3. The predicted octanol–water partition coefficient (Wildman–Crippen LogP) is 2.00.